The van der Waals surface area contributed by atoms with E-state index < -0.39 is 0 Å². The molecule has 1 atom stereocenters. The highest BCUT2D eigenvalue weighted by Crippen LogP contribution is 1.99. The number of hydrogen-bond acceptors (Lipinski definition) is 3. The summed E-state index contributed by atoms with van der Waals surface area (Å²) in [6.45, 7) is 1.80. The van der Waals surface area contributed by atoms with Crippen molar-refractivity contribution in [2.75, 3.05) is 19.8 Å². The van der Waals surface area contributed by atoms with E-state index in [4.69, 9.17) is 9.47 Å². The highest BCUT2D eigenvalue weighted by molar-refractivity contribution is 5.55. The van der Waals surface area contributed by atoms with Gasteiger partial charge >= 0.3 is 0 Å². The molecule has 1 saturated heterocycles. The van der Waals surface area contributed by atoms with Crippen LogP contribution in [0, 0.1) is 0 Å². The molecule has 0 spiro atoms. The van der Waals surface area contributed by atoms with Gasteiger partial charge in [-0.15, -0.1) is 0 Å². The molecule has 9 heavy (non-hydrogen) atoms. The molecule has 1 rings (SSSR count). The van der Waals surface area contributed by atoms with Gasteiger partial charge < -0.3 is 14.3 Å². The molecule has 0 amide bonds. The van der Waals surface area contributed by atoms with Gasteiger partial charge in [0.15, 0.2) is 0 Å². The molecule has 0 aromatic carbocycles. The van der Waals surface area contributed by atoms with Gasteiger partial charge in [-0.1, -0.05) is 0 Å². The van der Waals surface area contributed by atoms with Crippen LogP contribution in [-0.4, -0.2) is 32.2 Å². The third-order valence-corrected chi connectivity index (χ3v) is 1.26. The van der Waals surface area contributed by atoms with Crippen molar-refractivity contribution in [2.45, 2.75) is 12.5 Å². The number of carbonyl (C=O) groups excluding carboxylic acids is 1. The summed E-state index contributed by atoms with van der Waals surface area (Å²) in [5.74, 6) is 0. The van der Waals surface area contributed by atoms with Crippen molar-refractivity contribution in [2.24, 2.45) is 0 Å². The van der Waals surface area contributed by atoms with E-state index in [1.54, 1.807) is 0 Å². The maximum absolute atomic E-state index is 10.1. The fraction of sp³-hybridized carbons (Fsp3) is 0.833. The first-order valence-electron chi connectivity index (χ1n) is 3.08. The van der Waals surface area contributed by atoms with E-state index in [1.807, 2.05) is 0 Å². The van der Waals surface area contributed by atoms with Gasteiger partial charge in [0.1, 0.15) is 12.4 Å². The molecule has 0 aliphatic carbocycles. The summed E-state index contributed by atoms with van der Waals surface area (Å²) in [5.41, 5.74) is 0. The quantitative estimate of drug-likeness (QED) is 0.468. The molecule has 1 aliphatic heterocycles. The van der Waals surface area contributed by atoms with Gasteiger partial charge in [0.25, 0.3) is 0 Å². The molecular formula is C6H10O3. The van der Waals surface area contributed by atoms with Crippen LogP contribution >= 0.6 is 0 Å². The summed E-state index contributed by atoms with van der Waals surface area (Å²) in [6, 6.07) is 0. The molecule has 1 fully saturated rings. The van der Waals surface area contributed by atoms with E-state index in [9.17, 15) is 4.79 Å². The molecule has 0 saturated carbocycles. The summed E-state index contributed by atoms with van der Waals surface area (Å²) in [7, 11) is 0. The van der Waals surface area contributed by atoms with Crippen molar-refractivity contribution in [1.29, 1.82) is 0 Å². The Morgan fingerprint density at radius 2 is 2.22 bits per heavy atom. The van der Waals surface area contributed by atoms with E-state index in [-0.39, 0.29) is 6.10 Å². The van der Waals surface area contributed by atoms with Crippen molar-refractivity contribution in [3.63, 3.8) is 0 Å². The molecule has 1 heterocycles. The van der Waals surface area contributed by atoms with Gasteiger partial charge in [-0.25, -0.2) is 0 Å². The van der Waals surface area contributed by atoms with Gasteiger partial charge in [0, 0.05) is 13.0 Å². The monoisotopic (exact) mass is 130 g/mol. The molecule has 3 nitrogen and oxygen atoms in total. The molecule has 52 valence electrons. The first-order chi connectivity index (χ1) is 4.43. The van der Waals surface area contributed by atoms with Crippen molar-refractivity contribution in [1.82, 2.24) is 0 Å². The Labute approximate surface area is 53.9 Å². The largest absolute Gasteiger partial charge is 0.379 e. The van der Waals surface area contributed by atoms with Crippen molar-refractivity contribution >= 4 is 6.29 Å². The molecular weight excluding hydrogens is 120 g/mol. The van der Waals surface area contributed by atoms with Gasteiger partial charge in [-0.2, -0.15) is 0 Å². The van der Waals surface area contributed by atoms with E-state index in [0.717, 1.165) is 6.29 Å². The molecule has 3 heteroatoms. The fourth-order valence-corrected chi connectivity index (χ4v) is 0.751. The molecule has 0 bridgehead atoms. The first-order valence-corrected chi connectivity index (χ1v) is 3.08. The smallest absolute Gasteiger partial charge is 0.148 e. The van der Waals surface area contributed by atoms with Crippen LogP contribution in [0.4, 0.5) is 0 Å². The third-order valence-electron chi connectivity index (χ3n) is 1.26. The Hall–Kier alpha value is -0.410. The fourth-order valence-electron chi connectivity index (χ4n) is 0.751. The van der Waals surface area contributed by atoms with Crippen LogP contribution < -0.4 is 0 Å². The van der Waals surface area contributed by atoms with Gasteiger partial charge in [0.2, 0.25) is 0 Å². The second-order valence-corrected chi connectivity index (χ2v) is 1.95. The minimum atomic E-state index is -0.229. The van der Waals surface area contributed by atoms with Gasteiger partial charge in [-0.05, 0) is 0 Å². The Morgan fingerprint density at radius 3 is 3.00 bits per heavy atom. The summed E-state index contributed by atoms with van der Waals surface area (Å²) < 4.78 is 10.1. The zero-order valence-electron chi connectivity index (χ0n) is 5.21. The van der Waals surface area contributed by atoms with Crippen LogP contribution in [0.2, 0.25) is 0 Å². The number of rotatable bonds is 1. The van der Waals surface area contributed by atoms with Crippen LogP contribution in [0.15, 0.2) is 0 Å². The number of aldehydes is 1. The van der Waals surface area contributed by atoms with E-state index in [0.29, 0.717) is 26.2 Å². The van der Waals surface area contributed by atoms with Crippen LogP contribution in [-0.2, 0) is 14.3 Å². The topological polar surface area (TPSA) is 35.5 Å². The second kappa shape index (κ2) is 3.58. The average molecular weight is 130 g/mol. The molecule has 1 unspecified atom stereocenters. The minimum Gasteiger partial charge on any atom is -0.379 e. The summed E-state index contributed by atoms with van der Waals surface area (Å²) >= 11 is 0. The Kier molecular flexibility index (Phi) is 2.67. The predicted octanol–water partition coefficient (Wildman–Crippen LogP) is -0.00920. The Balaban J connectivity index is 2.26. The maximum atomic E-state index is 10.1. The van der Waals surface area contributed by atoms with Crippen molar-refractivity contribution in [3.05, 3.63) is 0 Å². The Bertz CT molecular complexity index is 84.3. The number of hydrogen-bond donors (Lipinski definition) is 0. The van der Waals surface area contributed by atoms with Crippen molar-refractivity contribution in [3.8, 4) is 0 Å². The van der Waals surface area contributed by atoms with E-state index in [1.165, 1.54) is 0 Å². The molecule has 0 radical (unpaired) electrons. The highest BCUT2D eigenvalue weighted by Gasteiger charge is 2.09. The zero-order chi connectivity index (χ0) is 6.53. The second-order valence-electron chi connectivity index (χ2n) is 1.95. The average Bonchev–Trinajstić information content (AvgIpc) is 2.13. The lowest BCUT2D eigenvalue weighted by atomic mass is 10.3. The standard InChI is InChI=1S/C6H10O3/c7-5-6-1-2-8-3-4-9-6/h5-6H,1-4H2. The molecule has 0 aromatic heterocycles. The summed E-state index contributed by atoms with van der Waals surface area (Å²) in [4.78, 5) is 10.1. The van der Waals surface area contributed by atoms with Crippen LogP contribution in [0.1, 0.15) is 6.42 Å². The van der Waals surface area contributed by atoms with Gasteiger partial charge in [0.05, 0.1) is 13.2 Å². The van der Waals surface area contributed by atoms with Crippen LogP contribution in [0.25, 0.3) is 0 Å². The lowest BCUT2D eigenvalue weighted by molar-refractivity contribution is -0.117. The maximum Gasteiger partial charge on any atom is 0.148 e. The summed E-state index contributed by atoms with van der Waals surface area (Å²) in [5, 5.41) is 0. The molecule has 1 aliphatic rings. The highest BCUT2D eigenvalue weighted by atomic mass is 16.5. The van der Waals surface area contributed by atoms with Crippen molar-refractivity contribution < 1.29 is 14.3 Å². The third kappa shape index (κ3) is 2.11. The van der Waals surface area contributed by atoms with Gasteiger partial charge in [-0.3, -0.25) is 0 Å². The lowest BCUT2D eigenvalue weighted by Gasteiger charge is -2.02. The minimum absolute atomic E-state index is 0.229. The number of carbonyl (C=O) groups is 1. The normalized spacial score (nSPS) is 29.1. The van der Waals surface area contributed by atoms with Crippen LogP contribution in [0.5, 0.6) is 0 Å². The summed E-state index contributed by atoms with van der Waals surface area (Å²) in [6.07, 6.45) is 1.30. The zero-order valence-corrected chi connectivity index (χ0v) is 5.21. The number of ether oxygens (including phenoxy) is 2. The molecule has 0 aromatic rings. The van der Waals surface area contributed by atoms with E-state index >= 15 is 0 Å². The first kappa shape index (κ1) is 6.71. The molecule has 0 N–H and O–H groups in total. The van der Waals surface area contributed by atoms with Crippen LogP contribution in [0.3, 0.4) is 0 Å². The van der Waals surface area contributed by atoms with E-state index in [2.05, 4.69) is 0 Å². The Morgan fingerprint density at radius 1 is 1.33 bits per heavy atom. The SMILES string of the molecule is O=CC1CCOCCO1. The lowest BCUT2D eigenvalue weighted by Crippen LogP contribution is -2.13. The predicted molar refractivity (Wildman–Crippen MR) is 31.2 cm³/mol.